The van der Waals surface area contributed by atoms with E-state index in [1.807, 2.05) is 23.6 Å². The Bertz CT molecular complexity index is 1560. The van der Waals surface area contributed by atoms with Gasteiger partial charge in [-0.15, -0.1) is 11.3 Å². The second kappa shape index (κ2) is 9.89. The molecule has 1 aliphatic rings. The first-order valence-corrected chi connectivity index (χ1v) is 12.7. The van der Waals surface area contributed by atoms with E-state index in [9.17, 15) is 14.4 Å². The molecule has 1 atom stereocenters. The van der Waals surface area contributed by atoms with E-state index < -0.39 is 17.9 Å². The van der Waals surface area contributed by atoms with Crippen molar-refractivity contribution in [2.45, 2.75) is 25.3 Å². The predicted octanol–water partition coefficient (Wildman–Crippen LogP) is 6.11. The summed E-state index contributed by atoms with van der Waals surface area (Å²) in [6.45, 7) is 0. The molecular weight excluding hydrogens is 521 g/mol. The Morgan fingerprint density at radius 1 is 1.00 bits per heavy atom. The van der Waals surface area contributed by atoms with Crippen molar-refractivity contribution >= 4 is 62.3 Å². The quantitative estimate of drug-likeness (QED) is 0.308. The lowest BCUT2D eigenvalue weighted by atomic mass is 9.92. The van der Waals surface area contributed by atoms with Crippen LogP contribution in [0.2, 0.25) is 10.0 Å². The fourth-order valence-corrected chi connectivity index (χ4v) is 5.41. The molecule has 0 fully saturated rings. The van der Waals surface area contributed by atoms with Gasteiger partial charge in [-0.2, -0.15) is 5.10 Å². The Balaban J connectivity index is 1.66. The van der Waals surface area contributed by atoms with Gasteiger partial charge in [-0.3, -0.25) is 14.4 Å². The van der Waals surface area contributed by atoms with Gasteiger partial charge < -0.3 is 10.1 Å². The number of hydrogen-bond acceptors (Lipinski definition) is 5. The summed E-state index contributed by atoms with van der Waals surface area (Å²) in [5.74, 6) is -1.51. The van der Waals surface area contributed by atoms with E-state index in [2.05, 4.69) is 10.1 Å². The molecule has 4 aromatic rings. The van der Waals surface area contributed by atoms with Crippen molar-refractivity contribution < 1.29 is 14.7 Å². The summed E-state index contributed by atoms with van der Waals surface area (Å²) >= 11 is 13.6. The SMILES string of the molecule is O=C(O)CCC(=O)N1N=C(c2c(-c3ccc(Cl)cc3)c3ccsc3[nH]c2=O)CC1c1ccc(Cl)cc1. The van der Waals surface area contributed by atoms with Crippen LogP contribution in [0, 0.1) is 0 Å². The summed E-state index contributed by atoms with van der Waals surface area (Å²) in [6, 6.07) is 15.7. The number of amides is 1. The topological polar surface area (TPSA) is 103 Å². The average Bonchev–Trinajstić information content (AvgIpc) is 3.50. The molecule has 1 amide bonds. The Hall–Kier alpha value is -3.46. The largest absolute Gasteiger partial charge is 0.481 e. The predicted molar refractivity (Wildman–Crippen MR) is 142 cm³/mol. The second-order valence-electron chi connectivity index (χ2n) is 8.32. The molecule has 3 heterocycles. The van der Waals surface area contributed by atoms with Crippen LogP contribution in [0.15, 0.2) is 69.9 Å². The molecule has 7 nitrogen and oxygen atoms in total. The van der Waals surface area contributed by atoms with Gasteiger partial charge in [0.25, 0.3) is 5.56 Å². The van der Waals surface area contributed by atoms with Gasteiger partial charge in [0.1, 0.15) is 4.83 Å². The van der Waals surface area contributed by atoms with E-state index in [0.717, 1.165) is 21.3 Å². The summed E-state index contributed by atoms with van der Waals surface area (Å²) in [5, 5.41) is 18.9. The zero-order chi connectivity index (χ0) is 25.4. The molecule has 0 saturated carbocycles. The van der Waals surface area contributed by atoms with E-state index >= 15 is 0 Å². The van der Waals surface area contributed by atoms with Crippen LogP contribution in [-0.4, -0.2) is 32.7 Å². The van der Waals surface area contributed by atoms with Crippen molar-refractivity contribution in [1.29, 1.82) is 0 Å². The fraction of sp³-hybridized carbons (Fsp3) is 0.154. The molecule has 0 saturated heterocycles. The number of nitrogens with zero attached hydrogens (tertiary/aromatic N) is 2. The minimum absolute atomic E-state index is 0.208. The van der Waals surface area contributed by atoms with Crippen LogP contribution in [0.1, 0.15) is 36.4 Å². The number of carboxylic acids is 1. The molecule has 1 aliphatic heterocycles. The summed E-state index contributed by atoms with van der Waals surface area (Å²) in [7, 11) is 0. The highest BCUT2D eigenvalue weighted by Crippen LogP contribution is 2.38. The number of aromatic amines is 1. The van der Waals surface area contributed by atoms with E-state index in [1.54, 1.807) is 36.4 Å². The van der Waals surface area contributed by atoms with E-state index in [1.165, 1.54) is 16.3 Å². The van der Waals surface area contributed by atoms with Gasteiger partial charge in [0.15, 0.2) is 0 Å². The third-order valence-electron chi connectivity index (χ3n) is 6.03. The maximum atomic E-state index is 13.4. The van der Waals surface area contributed by atoms with Gasteiger partial charge in [-0.1, -0.05) is 47.5 Å². The van der Waals surface area contributed by atoms with Crippen LogP contribution in [-0.2, 0) is 9.59 Å². The average molecular weight is 540 g/mol. The number of halogens is 2. The number of nitrogens with one attached hydrogen (secondary N) is 1. The first-order chi connectivity index (χ1) is 17.3. The number of aliphatic carboxylic acids is 1. The number of carbonyl (C=O) groups is 2. The first kappa shape index (κ1) is 24.2. The lowest BCUT2D eigenvalue weighted by molar-refractivity contribution is -0.141. The number of hydrogen-bond donors (Lipinski definition) is 2. The highest BCUT2D eigenvalue weighted by Gasteiger charge is 2.35. The Morgan fingerprint density at radius 3 is 2.33 bits per heavy atom. The third kappa shape index (κ3) is 4.67. The maximum Gasteiger partial charge on any atom is 0.303 e. The summed E-state index contributed by atoms with van der Waals surface area (Å²) < 4.78 is 0. The number of fused-ring (bicyclic) bond motifs is 1. The van der Waals surface area contributed by atoms with Crippen molar-refractivity contribution in [3.8, 4) is 11.1 Å². The molecule has 182 valence electrons. The van der Waals surface area contributed by atoms with Crippen molar-refractivity contribution in [1.82, 2.24) is 9.99 Å². The molecule has 0 radical (unpaired) electrons. The lowest BCUT2D eigenvalue weighted by Crippen LogP contribution is -2.27. The molecule has 5 rings (SSSR count). The molecule has 2 aromatic heterocycles. The number of thiophene rings is 1. The van der Waals surface area contributed by atoms with Crippen molar-refractivity contribution in [3.05, 3.63) is 91.5 Å². The number of rotatable bonds is 6. The zero-order valence-corrected chi connectivity index (χ0v) is 21.0. The molecule has 1 unspecified atom stereocenters. The Kier molecular flexibility index (Phi) is 6.66. The van der Waals surface area contributed by atoms with Crippen LogP contribution in [0.5, 0.6) is 0 Å². The highest BCUT2D eigenvalue weighted by atomic mass is 35.5. The van der Waals surface area contributed by atoms with Gasteiger partial charge in [-0.25, -0.2) is 5.01 Å². The van der Waals surface area contributed by atoms with Gasteiger partial charge in [0.05, 0.1) is 23.7 Å². The third-order valence-corrected chi connectivity index (χ3v) is 7.37. The van der Waals surface area contributed by atoms with Gasteiger partial charge in [0.2, 0.25) is 5.91 Å². The minimum Gasteiger partial charge on any atom is -0.481 e. The number of hydrazone groups is 1. The van der Waals surface area contributed by atoms with Gasteiger partial charge >= 0.3 is 5.97 Å². The standard InChI is InChI=1S/C26H19Cl2N3O4S/c27-16-5-1-14(2-6-16)20-13-19(30-31(20)21(32)9-10-22(33)34)24-23(15-3-7-17(28)8-4-15)18-11-12-36-26(18)29-25(24)35/h1-8,11-12,20H,9-10,13H2,(H,29,35)(H,33,34). The zero-order valence-electron chi connectivity index (χ0n) is 18.7. The Labute approximate surface area is 219 Å². The molecule has 0 aliphatic carbocycles. The van der Waals surface area contributed by atoms with Crippen LogP contribution in [0.4, 0.5) is 0 Å². The van der Waals surface area contributed by atoms with Gasteiger partial charge in [0, 0.05) is 33.8 Å². The van der Waals surface area contributed by atoms with Crippen molar-refractivity contribution in [2.24, 2.45) is 5.10 Å². The van der Waals surface area contributed by atoms with E-state index in [0.29, 0.717) is 26.9 Å². The monoisotopic (exact) mass is 539 g/mol. The van der Waals surface area contributed by atoms with E-state index in [4.69, 9.17) is 28.3 Å². The minimum atomic E-state index is -1.07. The summed E-state index contributed by atoms with van der Waals surface area (Å²) in [5.41, 5.74) is 2.78. The second-order valence-corrected chi connectivity index (χ2v) is 10.1. The summed E-state index contributed by atoms with van der Waals surface area (Å²) in [4.78, 5) is 41.2. The molecule has 36 heavy (non-hydrogen) atoms. The maximum absolute atomic E-state index is 13.4. The molecule has 0 bridgehead atoms. The van der Waals surface area contributed by atoms with Crippen LogP contribution >= 0.6 is 34.5 Å². The number of pyridine rings is 1. The summed E-state index contributed by atoms with van der Waals surface area (Å²) in [6.07, 6.45) is -0.245. The van der Waals surface area contributed by atoms with Crippen molar-refractivity contribution in [3.63, 3.8) is 0 Å². The number of H-pyrrole nitrogens is 1. The molecule has 0 spiro atoms. The molecule has 2 aromatic carbocycles. The smallest absolute Gasteiger partial charge is 0.303 e. The molecule has 10 heteroatoms. The number of aromatic nitrogens is 1. The van der Waals surface area contributed by atoms with Crippen LogP contribution in [0.25, 0.3) is 21.3 Å². The number of benzene rings is 2. The van der Waals surface area contributed by atoms with Crippen molar-refractivity contribution in [2.75, 3.05) is 0 Å². The van der Waals surface area contributed by atoms with Crippen LogP contribution < -0.4 is 5.56 Å². The first-order valence-electron chi connectivity index (χ1n) is 11.1. The number of carboxylic acid groups (broad SMARTS) is 1. The van der Waals surface area contributed by atoms with Crippen LogP contribution in [0.3, 0.4) is 0 Å². The fourth-order valence-electron chi connectivity index (χ4n) is 4.37. The molecular formula is C26H19Cl2N3O4S. The van der Waals surface area contributed by atoms with E-state index in [-0.39, 0.29) is 24.8 Å². The Morgan fingerprint density at radius 2 is 1.67 bits per heavy atom. The highest BCUT2D eigenvalue weighted by molar-refractivity contribution is 7.16. The lowest BCUT2D eigenvalue weighted by Gasteiger charge is -2.22. The molecule has 2 N–H and O–H groups in total. The number of carbonyl (C=O) groups excluding carboxylic acids is 1. The normalized spacial score (nSPS) is 15.3. The van der Waals surface area contributed by atoms with Gasteiger partial charge in [-0.05, 0) is 46.8 Å².